The second-order valence-corrected chi connectivity index (χ2v) is 4.30. The Labute approximate surface area is 116 Å². The number of hydrogen-bond acceptors (Lipinski definition) is 4. The average molecular weight is 276 g/mol. The fraction of sp³-hybridized carbons (Fsp3) is 0.286. The van der Waals surface area contributed by atoms with Gasteiger partial charge in [-0.25, -0.2) is 4.79 Å². The smallest absolute Gasteiger partial charge is 0.356 e. The molecule has 1 heterocycles. The molecule has 0 atom stereocenters. The Balaban J connectivity index is 2.47. The molecule has 0 saturated carbocycles. The van der Waals surface area contributed by atoms with E-state index in [-0.39, 0.29) is 5.69 Å². The molecule has 0 radical (unpaired) electrons. The molecule has 20 heavy (non-hydrogen) atoms. The molecule has 0 unspecified atom stereocenters. The lowest BCUT2D eigenvalue weighted by atomic mass is 10.1. The highest BCUT2D eigenvalue weighted by Gasteiger charge is 2.14. The Morgan fingerprint density at radius 3 is 2.65 bits per heavy atom. The zero-order valence-corrected chi connectivity index (χ0v) is 11.6. The van der Waals surface area contributed by atoms with Gasteiger partial charge >= 0.3 is 5.97 Å². The molecule has 1 aromatic heterocycles. The van der Waals surface area contributed by atoms with Gasteiger partial charge in [0, 0.05) is 25.3 Å². The van der Waals surface area contributed by atoms with Crippen LogP contribution in [0.25, 0.3) is 11.3 Å². The molecule has 0 aliphatic heterocycles. The number of ether oxygens (including phenoxy) is 2. The minimum atomic E-state index is -1.04. The van der Waals surface area contributed by atoms with Gasteiger partial charge in [0.2, 0.25) is 0 Å². The number of rotatable bonds is 5. The number of carbonyl (C=O) groups is 1. The van der Waals surface area contributed by atoms with Gasteiger partial charge in [0.25, 0.3) is 0 Å². The number of benzene rings is 1. The van der Waals surface area contributed by atoms with Gasteiger partial charge in [0.15, 0.2) is 5.69 Å². The van der Waals surface area contributed by atoms with Crippen molar-refractivity contribution in [2.24, 2.45) is 7.05 Å². The molecule has 0 fully saturated rings. The lowest BCUT2D eigenvalue weighted by Crippen LogP contribution is -1.99. The van der Waals surface area contributed by atoms with Crippen LogP contribution in [-0.4, -0.2) is 35.1 Å². The maximum atomic E-state index is 11.0. The zero-order valence-electron chi connectivity index (χ0n) is 11.6. The third-order valence-corrected chi connectivity index (χ3v) is 2.97. The second-order valence-electron chi connectivity index (χ2n) is 4.30. The number of methoxy groups -OCH3 is 2. The number of aromatic carboxylic acids is 1. The molecule has 2 rings (SSSR count). The van der Waals surface area contributed by atoms with E-state index in [1.807, 2.05) is 18.2 Å². The van der Waals surface area contributed by atoms with Gasteiger partial charge in [-0.1, -0.05) is 0 Å². The monoisotopic (exact) mass is 276 g/mol. The van der Waals surface area contributed by atoms with Crippen molar-refractivity contribution in [3.63, 3.8) is 0 Å². The summed E-state index contributed by atoms with van der Waals surface area (Å²) in [6.07, 6.45) is 0. The Hall–Kier alpha value is -2.34. The van der Waals surface area contributed by atoms with Crippen LogP contribution in [0.5, 0.6) is 5.75 Å². The molecule has 6 nitrogen and oxygen atoms in total. The van der Waals surface area contributed by atoms with Crippen molar-refractivity contribution in [3.8, 4) is 17.0 Å². The van der Waals surface area contributed by atoms with Crippen LogP contribution in [-0.2, 0) is 18.4 Å². The van der Waals surface area contributed by atoms with E-state index in [1.54, 1.807) is 32.0 Å². The van der Waals surface area contributed by atoms with Crippen molar-refractivity contribution in [1.82, 2.24) is 9.78 Å². The summed E-state index contributed by atoms with van der Waals surface area (Å²) in [6, 6.07) is 7.14. The number of carboxylic acids is 1. The van der Waals surface area contributed by atoms with Crippen LogP contribution in [0.3, 0.4) is 0 Å². The lowest BCUT2D eigenvalue weighted by Gasteiger charge is -2.10. The molecule has 0 bridgehead atoms. The quantitative estimate of drug-likeness (QED) is 0.903. The Morgan fingerprint density at radius 1 is 1.35 bits per heavy atom. The lowest BCUT2D eigenvalue weighted by molar-refractivity contribution is 0.0689. The Kier molecular flexibility index (Phi) is 4.05. The minimum absolute atomic E-state index is 0.0200. The summed E-state index contributed by atoms with van der Waals surface area (Å²) < 4.78 is 11.9. The van der Waals surface area contributed by atoms with Gasteiger partial charge in [0.05, 0.1) is 19.4 Å². The zero-order chi connectivity index (χ0) is 14.7. The number of hydrogen-bond donors (Lipinski definition) is 1. The summed E-state index contributed by atoms with van der Waals surface area (Å²) in [5, 5.41) is 12.9. The van der Waals surface area contributed by atoms with Gasteiger partial charge in [-0.2, -0.15) is 5.10 Å². The summed E-state index contributed by atoms with van der Waals surface area (Å²) >= 11 is 0. The van der Waals surface area contributed by atoms with Crippen LogP contribution in [0.15, 0.2) is 24.3 Å². The molecule has 106 valence electrons. The van der Waals surface area contributed by atoms with Crippen LogP contribution >= 0.6 is 0 Å². The highest BCUT2D eigenvalue weighted by atomic mass is 16.5. The highest BCUT2D eigenvalue weighted by molar-refractivity contribution is 5.87. The highest BCUT2D eigenvalue weighted by Crippen LogP contribution is 2.27. The molecule has 1 aromatic carbocycles. The van der Waals surface area contributed by atoms with Crippen molar-refractivity contribution in [1.29, 1.82) is 0 Å². The molecule has 0 saturated heterocycles. The maximum Gasteiger partial charge on any atom is 0.356 e. The van der Waals surface area contributed by atoms with Crippen molar-refractivity contribution in [2.45, 2.75) is 6.61 Å². The summed E-state index contributed by atoms with van der Waals surface area (Å²) in [6.45, 7) is 0.417. The van der Waals surface area contributed by atoms with Gasteiger partial charge in [-0.15, -0.1) is 0 Å². The van der Waals surface area contributed by atoms with E-state index in [4.69, 9.17) is 14.6 Å². The van der Waals surface area contributed by atoms with E-state index in [2.05, 4.69) is 5.10 Å². The molecule has 1 N–H and O–H groups in total. The molecular formula is C14H16N2O4. The van der Waals surface area contributed by atoms with Crippen LogP contribution in [0.1, 0.15) is 16.1 Å². The van der Waals surface area contributed by atoms with Crippen molar-refractivity contribution in [3.05, 3.63) is 35.5 Å². The fourth-order valence-corrected chi connectivity index (χ4v) is 2.05. The molecular weight excluding hydrogens is 260 g/mol. The van der Waals surface area contributed by atoms with Crippen LogP contribution in [0.4, 0.5) is 0 Å². The van der Waals surface area contributed by atoms with Crippen LogP contribution in [0.2, 0.25) is 0 Å². The number of aromatic nitrogens is 2. The topological polar surface area (TPSA) is 73.6 Å². The Morgan fingerprint density at radius 2 is 2.10 bits per heavy atom. The average Bonchev–Trinajstić information content (AvgIpc) is 2.81. The first-order valence-corrected chi connectivity index (χ1v) is 6.00. The number of aryl methyl sites for hydroxylation is 1. The Bertz CT molecular complexity index is 634. The SMILES string of the molecule is COCc1cc(-c2cc(C(=O)O)nn2C)ccc1OC. The van der Waals surface area contributed by atoms with E-state index in [1.165, 1.54) is 0 Å². The third-order valence-electron chi connectivity index (χ3n) is 2.97. The number of nitrogens with zero attached hydrogens (tertiary/aromatic N) is 2. The van der Waals surface area contributed by atoms with E-state index >= 15 is 0 Å². The van der Waals surface area contributed by atoms with E-state index in [0.717, 1.165) is 22.6 Å². The van der Waals surface area contributed by atoms with E-state index in [0.29, 0.717) is 6.61 Å². The van der Waals surface area contributed by atoms with E-state index < -0.39 is 5.97 Å². The van der Waals surface area contributed by atoms with Gasteiger partial charge < -0.3 is 14.6 Å². The van der Waals surface area contributed by atoms with Crippen molar-refractivity contribution in [2.75, 3.05) is 14.2 Å². The summed E-state index contributed by atoms with van der Waals surface area (Å²) in [7, 11) is 4.92. The molecule has 6 heteroatoms. The summed E-state index contributed by atoms with van der Waals surface area (Å²) in [5.74, 6) is -0.311. The van der Waals surface area contributed by atoms with Crippen molar-refractivity contribution < 1.29 is 19.4 Å². The molecule has 0 amide bonds. The molecule has 0 aliphatic rings. The standard InChI is InChI=1S/C14H16N2O4/c1-16-12(7-11(15-16)14(17)18)9-4-5-13(20-3)10(6-9)8-19-2/h4-7H,8H2,1-3H3,(H,17,18). The van der Waals surface area contributed by atoms with Crippen LogP contribution < -0.4 is 4.74 Å². The van der Waals surface area contributed by atoms with Gasteiger partial charge in [0.1, 0.15) is 5.75 Å². The molecule has 0 aliphatic carbocycles. The minimum Gasteiger partial charge on any atom is -0.496 e. The van der Waals surface area contributed by atoms with Crippen molar-refractivity contribution >= 4 is 5.97 Å². The van der Waals surface area contributed by atoms with Gasteiger partial charge in [-0.3, -0.25) is 4.68 Å². The largest absolute Gasteiger partial charge is 0.496 e. The van der Waals surface area contributed by atoms with E-state index in [9.17, 15) is 4.79 Å². The second kappa shape index (κ2) is 5.75. The first kappa shape index (κ1) is 14.1. The first-order valence-electron chi connectivity index (χ1n) is 6.00. The van der Waals surface area contributed by atoms with Crippen LogP contribution in [0, 0.1) is 0 Å². The third kappa shape index (κ3) is 2.65. The molecule has 2 aromatic rings. The number of carboxylic acid groups (broad SMARTS) is 1. The summed E-state index contributed by atoms with van der Waals surface area (Å²) in [4.78, 5) is 11.0. The first-order chi connectivity index (χ1) is 9.56. The normalized spacial score (nSPS) is 10.6. The maximum absolute atomic E-state index is 11.0. The summed E-state index contributed by atoms with van der Waals surface area (Å²) in [5.41, 5.74) is 2.50. The predicted molar refractivity (Wildman–Crippen MR) is 72.9 cm³/mol. The predicted octanol–water partition coefficient (Wildman–Crippen LogP) is 1.94. The fourth-order valence-electron chi connectivity index (χ4n) is 2.05. The molecule has 0 spiro atoms. The van der Waals surface area contributed by atoms with Gasteiger partial charge in [-0.05, 0) is 24.3 Å².